The number of pyridine rings is 1. The lowest BCUT2D eigenvalue weighted by molar-refractivity contribution is 0.419. The number of hydrogen-bond donors (Lipinski definition) is 2. The van der Waals surface area contributed by atoms with Gasteiger partial charge < -0.3 is 14.3 Å². The first-order valence-electron chi connectivity index (χ1n) is 5.38. The van der Waals surface area contributed by atoms with Gasteiger partial charge in [-0.1, -0.05) is 0 Å². The van der Waals surface area contributed by atoms with E-state index in [2.05, 4.69) is 5.32 Å². The van der Waals surface area contributed by atoms with Crippen LogP contribution in [-0.2, 0) is 23.6 Å². The van der Waals surface area contributed by atoms with Gasteiger partial charge in [0, 0.05) is 19.3 Å². The molecule has 0 radical (unpaired) electrons. The van der Waals surface area contributed by atoms with Crippen LogP contribution in [-0.4, -0.2) is 13.0 Å². The molecular weight excluding hydrogens is 270 g/mol. The minimum Gasteiger partial charge on any atom is -0.446 e. The van der Waals surface area contributed by atoms with E-state index in [1.165, 1.54) is 22.8 Å². The van der Waals surface area contributed by atoms with Crippen LogP contribution in [0.2, 0.25) is 0 Å². The van der Waals surface area contributed by atoms with Crippen molar-refractivity contribution in [2.24, 2.45) is 12.2 Å². The summed E-state index contributed by atoms with van der Waals surface area (Å²) in [6.07, 6.45) is 1.63. The Bertz CT molecular complexity index is 745. The number of sulfonamides is 1. The van der Waals surface area contributed by atoms with Crippen molar-refractivity contribution in [1.29, 1.82) is 0 Å². The van der Waals surface area contributed by atoms with E-state index in [0.717, 1.165) is 5.69 Å². The molecule has 0 atom stereocenters. The number of aryl methyl sites for hydroxylation is 1. The van der Waals surface area contributed by atoms with Crippen LogP contribution in [0.5, 0.6) is 0 Å². The highest BCUT2D eigenvalue weighted by molar-refractivity contribution is 7.89. The maximum atomic E-state index is 11.2. The van der Waals surface area contributed by atoms with E-state index in [-0.39, 0.29) is 17.2 Å². The van der Waals surface area contributed by atoms with Crippen LogP contribution in [0.1, 0.15) is 5.76 Å². The third-order valence-corrected chi connectivity index (χ3v) is 3.25. The number of aromatic nitrogens is 1. The minimum absolute atomic E-state index is 0.111. The maximum absolute atomic E-state index is 11.2. The number of nitrogens with one attached hydrogen (secondary N) is 1. The van der Waals surface area contributed by atoms with Crippen LogP contribution in [0.25, 0.3) is 0 Å². The zero-order chi connectivity index (χ0) is 14.0. The molecule has 0 bridgehead atoms. The molecule has 2 rings (SSSR count). The monoisotopic (exact) mass is 283 g/mol. The molecular formula is C11H13N3O4S. The lowest BCUT2D eigenvalue weighted by Gasteiger charge is -2.05. The summed E-state index contributed by atoms with van der Waals surface area (Å²) in [5, 5.41) is 7.67. The summed E-state index contributed by atoms with van der Waals surface area (Å²) in [6, 6.07) is 5.88. The molecule has 0 aliphatic heterocycles. The van der Waals surface area contributed by atoms with Gasteiger partial charge in [0.2, 0.25) is 10.7 Å². The molecule has 0 aliphatic rings. The number of primary sulfonamides is 1. The van der Waals surface area contributed by atoms with Crippen LogP contribution in [0.3, 0.4) is 0 Å². The van der Waals surface area contributed by atoms with Crippen molar-refractivity contribution in [1.82, 2.24) is 4.57 Å². The van der Waals surface area contributed by atoms with Gasteiger partial charge in [-0.3, -0.25) is 4.79 Å². The molecule has 8 heteroatoms. The van der Waals surface area contributed by atoms with Gasteiger partial charge in [0.1, 0.15) is 5.76 Å². The Balaban J connectivity index is 2.08. The van der Waals surface area contributed by atoms with E-state index < -0.39 is 10.0 Å². The van der Waals surface area contributed by atoms with Crippen molar-refractivity contribution < 1.29 is 12.8 Å². The van der Waals surface area contributed by atoms with Crippen LogP contribution in [0.15, 0.2) is 44.8 Å². The molecule has 2 aromatic rings. The molecule has 3 N–H and O–H groups in total. The Morgan fingerprint density at radius 2 is 2.05 bits per heavy atom. The Morgan fingerprint density at radius 1 is 1.32 bits per heavy atom. The summed E-state index contributed by atoms with van der Waals surface area (Å²) in [7, 11) is -2.18. The average molecular weight is 283 g/mol. The van der Waals surface area contributed by atoms with Gasteiger partial charge in [0.05, 0.1) is 12.2 Å². The molecule has 0 fully saturated rings. The predicted molar refractivity (Wildman–Crippen MR) is 69.1 cm³/mol. The fourth-order valence-corrected chi connectivity index (χ4v) is 1.97. The van der Waals surface area contributed by atoms with E-state index in [4.69, 9.17) is 9.56 Å². The zero-order valence-corrected chi connectivity index (χ0v) is 11.0. The molecule has 0 spiro atoms. The summed E-state index contributed by atoms with van der Waals surface area (Å²) in [5.74, 6) is 0.429. The Labute approximate surface area is 109 Å². The van der Waals surface area contributed by atoms with E-state index in [0.29, 0.717) is 5.76 Å². The number of anilines is 1. The molecule has 102 valence electrons. The second-order valence-corrected chi connectivity index (χ2v) is 5.48. The molecule has 0 saturated heterocycles. The van der Waals surface area contributed by atoms with E-state index in [9.17, 15) is 13.2 Å². The molecule has 2 aromatic heterocycles. The van der Waals surface area contributed by atoms with Crippen LogP contribution in [0.4, 0.5) is 5.69 Å². The van der Waals surface area contributed by atoms with Crippen molar-refractivity contribution in [2.75, 3.05) is 5.32 Å². The average Bonchev–Trinajstić information content (AvgIpc) is 2.79. The van der Waals surface area contributed by atoms with Crippen molar-refractivity contribution in [3.8, 4) is 0 Å². The third kappa shape index (κ3) is 3.24. The first-order valence-corrected chi connectivity index (χ1v) is 6.93. The molecule has 0 aromatic carbocycles. The second-order valence-electron chi connectivity index (χ2n) is 3.99. The first kappa shape index (κ1) is 13.4. The highest BCUT2D eigenvalue weighted by Crippen LogP contribution is 2.13. The van der Waals surface area contributed by atoms with Gasteiger partial charge in [-0.2, -0.15) is 0 Å². The zero-order valence-electron chi connectivity index (χ0n) is 10.2. The summed E-state index contributed by atoms with van der Waals surface area (Å²) < 4.78 is 28.6. The standard InChI is InChI=1S/C11H13N3O4S/c1-14-7-8(2-4-10(14)15)13-6-9-3-5-11(18-9)19(12,16)17/h2-5,7,13H,6H2,1H3,(H2,12,16,17). The lowest BCUT2D eigenvalue weighted by Crippen LogP contribution is -2.15. The van der Waals surface area contributed by atoms with Gasteiger partial charge in [0.15, 0.2) is 0 Å². The van der Waals surface area contributed by atoms with Crippen molar-refractivity contribution in [3.05, 3.63) is 46.6 Å². The Morgan fingerprint density at radius 3 is 2.63 bits per heavy atom. The Kier molecular flexibility index (Phi) is 3.45. The van der Waals surface area contributed by atoms with E-state index in [1.807, 2.05) is 0 Å². The normalized spacial score (nSPS) is 11.5. The fourth-order valence-electron chi connectivity index (χ4n) is 1.49. The topological polar surface area (TPSA) is 107 Å². The first-order chi connectivity index (χ1) is 8.86. The summed E-state index contributed by atoms with van der Waals surface area (Å²) in [6.45, 7) is 0.285. The van der Waals surface area contributed by atoms with Gasteiger partial charge in [-0.15, -0.1) is 0 Å². The molecule has 0 amide bonds. The van der Waals surface area contributed by atoms with Crippen molar-refractivity contribution in [2.45, 2.75) is 11.6 Å². The van der Waals surface area contributed by atoms with E-state index >= 15 is 0 Å². The SMILES string of the molecule is Cn1cc(NCc2ccc(S(N)(=O)=O)o2)ccc1=O. The smallest absolute Gasteiger partial charge is 0.271 e. The largest absolute Gasteiger partial charge is 0.446 e. The summed E-state index contributed by atoms with van der Waals surface area (Å²) >= 11 is 0. The van der Waals surface area contributed by atoms with Crippen LogP contribution in [0, 0.1) is 0 Å². The van der Waals surface area contributed by atoms with Crippen molar-refractivity contribution >= 4 is 15.7 Å². The third-order valence-electron chi connectivity index (χ3n) is 2.47. The molecule has 7 nitrogen and oxygen atoms in total. The number of hydrogen-bond acceptors (Lipinski definition) is 5. The lowest BCUT2D eigenvalue weighted by atomic mass is 10.4. The minimum atomic E-state index is -3.82. The summed E-state index contributed by atoms with van der Waals surface area (Å²) in [4.78, 5) is 11.2. The van der Waals surface area contributed by atoms with E-state index in [1.54, 1.807) is 19.3 Å². The maximum Gasteiger partial charge on any atom is 0.271 e. The second kappa shape index (κ2) is 4.90. The molecule has 19 heavy (non-hydrogen) atoms. The summed E-state index contributed by atoms with van der Waals surface area (Å²) in [5.41, 5.74) is 0.607. The highest BCUT2D eigenvalue weighted by atomic mass is 32.2. The number of nitrogens with two attached hydrogens (primary N) is 1. The molecule has 0 unspecified atom stereocenters. The Hall–Kier alpha value is -2.06. The van der Waals surface area contributed by atoms with Crippen LogP contribution < -0.4 is 16.0 Å². The van der Waals surface area contributed by atoms with Gasteiger partial charge in [-0.05, 0) is 18.2 Å². The number of rotatable bonds is 4. The van der Waals surface area contributed by atoms with Gasteiger partial charge in [-0.25, -0.2) is 13.6 Å². The van der Waals surface area contributed by atoms with Crippen LogP contribution >= 0.6 is 0 Å². The number of nitrogens with zero attached hydrogens (tertiary/aromatic N) is 1. The quantitative estimate of drug-likeness (QED) is 0.835. The number of furan rings is 1. The van der Waals surface area contributed by atoms with Gasteiger partial charge >= 0.3 is 0 Å². The van der Waals surface area contributed by atoms with Crippen molar-refractivity contribution in [3.63, 3.8) is 0 Å². The molecule has 2 heterocycles. The highest BCUT2D eigenvalue weighted by Gasteiger charge is 2.12. The molecule has 0 saturated carbocycles. The fraction of sp³-hybridized carbons (Fsp3) is 0.182. The molecule has 0 aliphatic carbocycles. The predicted octanol–water partition coefficient (Wildman–Crippen LogP) is 0.238. The van der Waals surface area contributed by atoms with Gasteiger partial charge in [0.25, 0.3) is 10.0 Å².